The van der Waals surface area contributed by atoms with Crippen LogP contribution in [0.1, 0.15) is 16.7 Å². The Morgan fingerprint density at radius 3 is 2.62 bits per heavy atom. The molecule has 2 aromatic rings. The lowest BCUT2D eigenvalue weighted by Crippen LogP contribution is -2.20. The molecule has 0 heterocycles. The molecule has 0 aliphatic heterocycles. The molecule has 0 atom stereocenters. The van der Waals surface area contributed by atoms with Gasteiger partial charge in [-0.25, -0.2) is 9.82 Å². The molecule has 0 unspecified atom stereocenters. The van der Waals surface area contributed by atoms with E-state index in [0.29, 0.717) is 11.6 Å². The Bertz CT molecular complexity index is 773. The molecule has 24 heavy (non-hydrogen) atoms. The number of rotatable bonds is 4. The normalized spacial score (nSPS) is 11.7. The van der Waals surface area contributed by atoms with Crippen molar-refractivity contribution < 1.29 is 27.5 Å². The zero-order chi connectivity index (χ0) is 17.7. The number of hydrogen-bond acceptors (Lipinski definition) is 3. The van der Waals surface area contributed by atoms with Gasteiger partial charge in [0.15, 0.2) is 0 Å². The number of benzene rings is 2. The van der Waals surface area contributed by atoms with Crippen molar-refractivity contribution in [3.8, 4) is 5.75 Å². The zero-order valence-corrected chi connectivity index (χ0v) is 12.1. The molecule has 8 heteroatoms. The first-order valence-corrected chi connectivity index (χ1v) is 6.72. The van der Waals surface area contributed by atoms with Gasteiger partial charge in [0.1, 0.15) is 11.6 Å². The molecule has 0 aliphatic carbocycles. The quantitative estimate of drug-likeness (QED) is 0.510. The smallest absolute Gasteiger partial charge is 0.417 e. The molecule has 0 spiro atoms. The van der Waals surface area contributed by atoms with Gasteiger partial charge in [0.2, 0.25) is 5.91 Å². The Balaban J connectivity index is 2.05. The molecule has 4 nitrogen and oxygen atoms in total. The number of nitrogens with zero attached hydrogens (tertiary/aromatic N) is 1. The third-order valence-corrected chi connectivity index (χ3v) is 2.99. The van der Waals surface area contributed by atoms with E-state index < -0.39 is 23.5 Å². The van der Waals surface area contributed by atoms with E-state index in [4.69, 9.17) is 0 Å². The summed E-state index contributed by atoms with van der Waals surface area (Å²) in [6, 6.07) is 8.11. The number of hydrogen-bond donors (Lipinski definition) is 2. The largest absolute Gasteiger partial charge is 0.508 e. The summed E-state index contributed by atoms with van der Waals surface area (Å²) in [6.45, 7) is 0. The number of amides is 1. The van der Waals surface area contributed by atoms with Crippen LogP contribution in [-0.2, 0) is 17.4 Å². The van der Waals surface area contributed by atoms with E-state index in [2.05, 4.69) is 10.5 Å². The first-order chi connectivity index (χ1) is 11.3. The van der Waals surface area contributed by atoms with Gasteiger partial charge in [0, 0.05) is 5.56 Å². The van der Waals surface area contributed by atoms with Crippen molar-refractivity contribution in [2.75, 3.05) is 0 Å². The Kier molecular flexibility index (Phi) is 5.18. The number of phenolic OH excluding ortho intramolecular Hbond substituents is 1. The SMILES string of the molecule is O=C(Cc1cccc(O)c1)NN=Cc1ccc(F)cc1C(F)(F)F. The summed E-state index contributed by atoms with van der Waals surface area (Å²) in [5.74, 6) is -1.61. The van der Waals surface area contributed by atoms with E-state index in [9.17, 15) is 27.5 Å². The Hall–Kier alpha value is -2.90. The summed E-state index contributed by atoms with van der Waals surface area (Å²) >= 11 is 0. The summed E-state index contributed by atoms with van der Waals surface area (Å²) < 4.78 is 51.4. The monoisotopic (exact) mass is 340 g/mol. The number of alkyl halides is 3. The van der Waals surface area contributed by atoms with Gasteiger partial charge >= 0.3 is 6.18 Å². The lowest BCUT2D eigenvalue weighted by atomic mass is 10.1. The molecule has 0 bridgehead atoms. The summed E-state index contributed by atoms with van der Waals surface area (Å²) in [5.41, 5.74) is 1.03. The lowest BCUT2D eigenvalue weighted by molar-refractivity contribution is -0.137. The molecule has 126 valence electrons. The highest BCUT2D eigenvalue weighted by atomic mass is 19.4. The Labute approximate surface area is 134 Å². The van der Waals surface area contributed by atoms with Crippen LogP contribution in [-0.4, -0.2) is 17.2 Å². The molecule has 0 saturated carbocycles. The number of aromatic hydroxyl groups is 1. The van der Waals surface area contributed by atoms with Crippen molar-refractivity contribution in [3.05, 3.63) is 65.0 Å². The van der Waals surface area contributed by atoms with Gasteiger partial charge in [0.05, 0.1) is 18.2 Å². The molecular weight excluding hydrogens is 328 g/mol. The van der Waals surface area contributed by atoms with Gasteiger partial charge in [-0.1, -0.05) is 12.1 Å². The topological polar surface area (TPSA) is 61.7 Å². The van der Waals surface area contributed by atoms with Crippen molar-refractivity contribution in [1.82, 2.24) is 5.43 Å². The van der Waals surface area contributed by atoms with Gasteiger partial charge in [0.25, 0.3) is 0 Å². The van der Waals surface area contributed by atoms with Gasteiger partial charge in [-0.15, -0.1) is 0 Å². The van der Waals surface area contributed by atoms with Crippen LogP contribution in [0.5, 0.6) is 5.75 Å². The maximum atomic E-state index is 13.0. The van der Waals surface area contributed by atoms with Gasteiger partial charge < -0.3 is 5.11 Å². The van der Waals surface area contributed by atoms with Crippen LogP contribution in [0, 0.1) is 5.82 Å². The highest BCUT2D eigenvalue weighted by Crippen LogP contribution is 2.31. The number of hydrazone groups is 1. The van der Waals surface area contributed by atoms with Crippen LogP contribution in [0.4, 0.5) is 17.6 Å². The molecule has 0 saturated heterocycles. The Morgan fingerprint density at radius 2 is 1.96 bits per heavy atom. The molecule has 0 radical (unpaired) electrons. The summed E-state index contributed by atoms with van der Waals surface area (Å²) in [7, 11) is 0. The van der Waals surface area contributed by atoms with Crippen LogP contribution in [0.3, 0.4) is 0 Å². The molecule has 1 amide bonds. The van der Waals surface area contributed by atoms with Crippen molar-refractivity contribution in [3.63, 3.8) is 0 Å². The van der Waals surface area contributed by atoms with Gasteiger partial charge in [-0.05, 0) is 35.9 Å². The van der Waals surface area contributed by atoms with Crippen LogP contribution in [0.2, 0.25) is 0 Å². The lowest BCUT2D eigenvalue weighted by Gasteiger charge is -2.09. The van der Waals surface area contributed by atoms with E-state index in [-0.39, 0.29) is 17.7 Å². The standard InChI is InChI=1S/C16H12F4N2O2/c17-12-5-4-11(14(8-12)16(18,19)20)9-21-22-15(24)7-10-2-1-3-13(23)6-10/h1-6,8-9,23H,7H2,(H,22,24). The fraction of sp³-hybridized carbons (Fsp3) is 0.125. The van der Waals surface area contributed by atoms with E-state index >= 15 is 0 Å². The highest BCUT2D eigenvalue weighted by molar-refractivity contribution is 5.84. The second-order valence-electron chi connectivity index (χ2n) is 4.87. The van der Waals surface area contributed by atoms with Crippen LogP contribution in [0.25, 0.3) is 0 Å². The molecular formula is C16H12F4N2O2. The first-order valence-electron chi connectivity index (χ1n) is 6.72. The predicted octanol–water partition coefficient (Wildman–Crippen LogP) is 3.24. The number of carbonyl (C=O) groups is 1. The van der Waals surface area contributed by atoms with Crippen LogP contribution < -0.4 is 5.43 Å². The van der Waals surface area contributed by atoms with Crippen molar-refractivity contribution in [2.24, 2.45) is 5.10 Å². The van der Waals surface area contributed by atoms with Crippen LogP contribution >= 0.6 is 0 Å². The minimum absolute atomic E-state index is 0.00932. The molecule has 0 fully saturated rings. The second-order valence-corrected chi connectivity index (χ2v) is 4.87. The Morgan fingerprint density at radius 1 is 1.21 bits per heavy atom. The number of halogens is 4. The highest BCUT2D eigenvalue weighted by Gasteiger charge is 2.33. The van der Waals surface area contributed by atoms with E-state index in [0.717, 1.165) is 18.3 Å². The maximum Gasteiger partial charge on any atom is 0.417 e. The third kappa shape index (κ3) is 4.80. The van der Waals surface area contributed by atoms with Crippen LogP contribution in [0.15, 0.2) is 47.6 Å². The second kappa shape index (κ2) is 7.12. The number of nitrogens with one attached hydrogen (secondary N) is 1. The van der Waals surface area contributed by atoms with E-state index in [1.807, 2.05) is 0 Å². The molecule has 0 aromatic heterocycles. The minimum atomic E-state index is -4.74. The summed E-state index contributed by atoms with van der Waals surface area (Å²) in [4.78, 5) is 11.7. The fourth-order valence-electron chi connectivity index (χ4n) is 1.95. The summed E-state index contributed by atoms with van der Waals surface area (Å²) in [6.07, 6.45) is -4.06. The van der Waals surface area contributed by atoms with Crippen molar-refractivity contribution in [1.29, 1.82) is 0 Å². The fourth-order valence-corrected chi connectivity index (χ4v) is 1.95. The number of phenols is 1. The molecule has 2 rings (SSSR count). The molecule has 2 aromatic carbocycles. The number of carbonyl (C=O) groups excluding carboxylic acids is 1. The first kappa shape index (κ1) is 17.5. The van der Waals surface area contributed by atoms with E-state index in [1.165, 1.54) is 12.1 Å². The van der Waals surface area contributed by atoms with Crippen molar-refractivity contribution >= 4 is 12.1 Å². The summed E-state index contributed by atoms with van der Waals surface area (Å²) in [5, 5.41) is 12.7. The molecule has 0 aliphatic rings. The average Bonchev–Trinajstić information content (AvgIpc) is 2.47. The predicted molar refractivity (Wildman–Crippen MR) is 78.9 cm³/mol. The van der Waals surface area contributed by atoms with Crippen molar-refractivity contribution in [2.45, 2.75) is 12.6 Å². The minimum Gasteiger partial charge on any atom is -0.508 e. The van der Waals surface area contributed by atoms with Gasteiger partial charge in [-0.3, -0.25) is 4.79 Å². The zero-order valence-electron chi connectivity index (χ0n) is 12.1. The molecule has 2 N–H and O–H groups in total. The maximum absolute atomic E-state index is 13.0. The third-order valence-electron chi connectivity index (χ3n) is 2.99. The van der Waals surface area contributed by atoms with E-state index in [1.54, 1.807) is 12.1 Å². The van der Waals surface area contributed by atoms with Gasteiger partial charge in [-0.2, -0.15) is 18.3 Å². The average molecular weight is 340 g/mol.